The van der Waals surface area contributed by atoms with Gasteiger partial charge >= 0.3 is 6.36 Å². The first-order chi connectivity index (χ1) is 19.1. The fourth-order valence-electron chi connectivity index (χ4n) is 4.40. The van der Waals surface area contributed by atoms with Crippen LogP contribution >= 0.6 is 0 Å². The summed E-state index contributed by atoms with van der Waals surface area (Å²) in [5.74, 6) is -0.835. The minimum absolute atomic E-state index is 0. The van der Waals surface area contributed by atoms with E-state index in [1.807, 2.05) is 0 Å². The van der Waals surface area contributed by atoms with Gasteiger partial charge in [-0.05, 0) is 54.8 Å². The number of rotatable bonds is 11. The van der Waals surface area contributed by atoms with Gasteiger partial charge in [0.05, 0.1) is 13.2 Å². The van der Waals surface area contributed by atoms with Gasteiger partial charge in [-0.15, -0.1) is 13.2 Å². The molecule has 1 aromatic carbocycles. The van der Waals surface area contributed by atoms with Crippen molar-refractivity contribution in [1.82, 2.24) is 14.9 Å². The third-order valence-corrected chi connectivity index (χ3v) is 6.41. The Bertz CT molecular complexity index is 1220. The minimum Gasteiger partial charge on any atom is -0.406 e. The van der Waals surface area contributed by atoms with Crippen molar-refractivity contribution in [2.75, 3.05) is 32.1 Å². The smallest absolute Gasteiger partial charge is 0.406 e. The number of hydrogen-bond acceptors (Lipinski definition) is 6. The van der Waals surface area contributed by atoms with E-state index in [1.165, 1.54) is 18.5 Å². The van der Waals surface area contributed by atoms with Gasteiger partial charge in [0.15, 0.2) is 12.4 Å². The molecule has 0 aliphatic carbocycles. The van der Waals surface area contributed by atoms with Crippen LogP contribution in [0.15, 0.2) is 73.5 Å². The molecule has 40 heavy (non-hydrogen) atoms. The quantitative estimate of drug-likeness (QED) is 0.174. The number of carbonyl (C=O) groups is 1. The first kappa shape index (κ1) is 30.7. The second-order valence-electron chi connectivity index (χ2n) is 9.29. The van der Waals surface area contributed by atoms with Gasteiger partial charge in [-0.1, -0.05) is 20.4 Å². The summed E-state index contributed by atoms with van der Waals surface area (Å²) in [6.45, 7) is 9.74. The van der Waals surface area contributed by atoms with Crippen LogP contribution in [0.4, 0.5) is 18.9 Å². The molecular formula is C29H37F3N5O3+. The van der Waals surface area contributed by atoms with Gasteiger partial charge in [-0.2, -0.15) is 0 Å². The maximum Gasteiger partial charge on any atom is 0.573 e. The molecule has 216 valence electrons. The number of alkyl halides is 3. The van der Waals surface area contributed by atoms with Crippen molar-refractivity contribution in [3.63, 3.8) is 0 Å². The zero-order valence-corrected chi connectivity index (χ0v) is 22.9. The van der Waals surface area contributed by atoms with E-state index in [2.05, 4.69) is 45.3 Å². The fourth-order valence-corrected chi connectivity index (χ4v) is 4.40. The number of benzene rings is 1. The van der Waals surface area contributed by atoms with Gasteiger partial charge in [0.2, 0.25) is 0 Å². The van der Waals surface area contributed by atoms with E-state index in [0.717, 1.165) is 36.1 Å². The number of morpholine rings is 1. The van der Waals surface area contributed by atoms with E-state index < -0.39 is 12.3 Å². The Morgan fingerprint density at radius 3 is 2.38 bits per heavy atom. The lowest BCUT2D eigenvalue weighted by Crippen LogP contribution is -2.52. The molecule has 8 nitrogen and oxygen atoms in total. The summed E-state index contributed by atoms with van der Waals surface area (Å²) in [5.41, 5.74) is 2.22. The van der Waals surface area contributed by atoms with Crippen molar-refractivity contribution < 1.29 is 33.4 Å². The number of hydrogen-bond donors (Lipinski definition) is 1. The third kappa shape index (κ3) is 9.13. The van der Waals surface area contributed by atoms with Gasteiger partial charge in [0.1, 0.15) is 24.7 Å². The zero-order chi connectivity index (χ0) is 29.1. The zero-order valence-electron chi connectivity index (χ0n) is 22.9. The van der Waals surface area contributed by atoms with Crippen molar-refractivity contribution in [2.24, 2.45) is 0 Å². The molecule has 1 aliphatic rings. The number of amides is 1. The van der Waals surface area contributed by atoms with Crippen molar-refractivity contribution in [2.45, 2.75) is 45.1 Å². The van der Waals surface area contributed by atoms with Crippen LogP contribution in [-0.4, -0.2) is 76.8 Å². The first-order valence-corrected chi connectivity index (χ1v) is 13.0. The predicted octanol–water partition coefficient (Wildman–Crippen LogP) is 5.32. The highest BCUT2D eigenvalue weighted by Gasteiger charge is 2.31. The molecule has 1 N–H and O–H groups in total. The summed E-state index contributed by atoms with van der Waals surface area (Å²) in [5, 5.41) is 2.76. The number of nitrogens with zero attached hydrogens (tertiary/aromatic N) is 4. The van der Waals surface area contributed by atoms with Crippen molar-refractivity contribution in [3.8, 4) is 5.75 Å². The molecule has 11 heteroatoms. The number of nitrogens with one attached hydrogen (secondary N) is 1. The van der Waals surface area contributed by atoms with Gasteiger partial charge < -0.3 is 14.8 Å². The normalized spacial score (nSPS) is 19.3. The van der Waals surface area contributed by atoms with E-state index in [-0.39, 0.29) is 19.3 Å². The first-order valence-electron chi connectivity index (χ1n) is 13.0. The van der Waals surface area contributed by atoms with Gasteiger partial charge in [-0.3, -0.25) is 9.69 Å². The predicted molar refractivity (Wildman–Crippen MR) is 150 cm³/mol. The summed E-state index contributed by atoms with van der Waals surface area (Å²) in [6, 6.07) is 5.39. The Hall–Kier alpha value is -3.83. The topological polar surface area (TPSA) is 79.6 Å². The van der Waals surface area contributed by atoms with E-state index in [4.69, 9.17) is 4.74 Å². The number of anilines is 1. The van der Waals surface area contributed by atoms with Gasteiger partial charge in [0, 0.05) is 43.7 Å². The monoisotopic (exact) mass is 560 g/mol. The molecule has 0 spiro atoms. The molecule has 2 heterocycles. The number of halogens is 3. The summed E-state index contributed by atoms with van der Waals surface area (Å²) in [7, 11) is 1.76. The molecule has 0 saturated carbocycles. The molecule has 2 unspecified atom stereocenters. The van der Waals surface area contributed by atoms with E-state index >= 15 is 0 Å². The Kier molecular flexibility index (Phi) is 11.2. The molecule has 2 atom stereocenters. The highest BCUT2D eigenvalue weighted by molar-refractivity contribution is 6.06. The minimum atomic E-state index is -4.80. The maximum absolute atomic E-state index is 13.5. The molecule has 1 fully saturated rings. The fraction of sp³-hybridized carbons (Fsp3) is 0.379. The lowest BCUT2D eigenvalue weighted by molar-refractivity contribution is -0.416. The van der Waals surface area contributed by atoms with Crippen LogP contribution in [-0.2, 0) is 9.53 Å². The lowest BCUT2D eigenvalue weighted by Gasteiger charge is -2.42. The summed E-state index contributed by atoms with van der Waals surface area (Å²) in [6.07, 6.45) is 8.58. The Morgan fingerprint density at radius 1 is 1.20 bits per heavy atom. The van der Waals surface area contributed by atoms with Crippen molar-refractivity contribution in [3.05, 3.63) is 79.1 Å². The molecule has 1 saturated heterocycles. The number of ether oxygens (including phenoxy) is 2. The molecule has 1 aliphatic heterocycles. The number of aromatic nitrogens is 2. The molecule has 1 amide bonds. The highest BCUT2D eigenvalue weighted by Crippen LogP contribution is 2.26. The summed E-state index contributed by atoms with van der Waals surface area (Å²) < 4.78 is 49.0. The van der Waals surface area contributed by atoms with Crippen LogP contribution in [0.25, 0.3) is 5.57 Å². The average Bonchev–Trinajstić information content (AvgIpc) is 2.93. The van der Waals surface area contributed by atoms with Crippen LogP contribution < -0.4 is 10.1 Å². The molecule has 3 rings (SSSR count). The third-order valence-electron chi connectivity index (χ3n) is 6.41. The average molecular weight is 561 g/mol. The molecule has 1 aromatic heterocycles. The van der Waals surface area contributed by atoms with E-state index in [9.17, 15) is 18.0 Å². The second-order valence-corrected chi connectivity index (χ2v) is 9.29. The number of carbonyl (C=O) groups excluding carboxylic acids is 1. The van der Waals surface area contributed by atoms with E-state index in [0.29, 0.717) is 31.0 Å². The molecular weight excluding hydrogens is 523 g/mol. The Morgan fingerprint density at radius 2 is 1.82 bits per heavy atom. The molecule has 0 bridgehead atoms. The Balaban J connectivity index is 0.00000588. The molecule has 2 aromatic rings. The van der Waals surface area contributed by atoms with Gasteiger partial charge in [0.25, 0.3) is 5.91 Å². The van der Waals surface area contributed by atoms with Crippen molar-refractivity contribution in [1.29, 1.82) is 0 Å². The number of allylic oxidation sites excluding steroid dienone is 1. The van der Waals surface area contributed by atoms with Crippen LogP contribution in [0.1, 0.15) is 33.7 Å². The van der Waals surface area contributed by atoms with Crippen LogP contribution in [0.2, 0.25) is 0 Å². The van der Waals surface area contributed by atoms with Crippen LogP contribution in [0, 0.1) is 0 Å². The molecule has 0 radical (unpaired) electrons. The standard InChI is InChI=1S/C29H34F3N5O3.H2/c1-5-12-36(4)16-22(28(38)35-24-8-10-27(11-9-24)40-29(30,31)32)13-21(23-14-33-20-34-15-23)17-37-25(6-2)18-39-19-26(37)7-3;/h5,8-16,20,25-26H,1,6-7,17-19H2,2-4H3;1H/p+1/b21-13+,22-16+,36-12?;. The second kappa shape index (κ2) is 14.5. The lowest BCUT2D eigenvalue weighted by atomic mass is 10.00. The maximum atomic E-state index is 13.5. The van der Waals surface area contributed by atoms with Gasteiger partial charge in [-0.25, -0.2) is 14.5 Å². The van der Waals surface area contributed by atoms with Crippen molar-refractivity contribution >= 4 is 23.4 Å². The summed E-state index contributed by atoms with van der Waals surface area (Å²) >= 11 is 0. The van der Waals surface area contributed by atoms with Crippen LogP contribution in [0.3, 0.4) is 0 Å². The highest BCUT2D eigenvalue weighted by atomic mass is 19.4. The Labute approximate surface area is 234 Å². The largest absolute Gasteiger partial charge is 0.573 e. The summed E-state index contributed by atoms with van der Waals surface area (Å²) in [4.78, 5) is 24.3. The van der Waals surface area contributed by atoms with E-state index in [1.54, 1.807) is 48.6 Å². The van der Waals surface area contributed by atoms with Crippen LogP contribution in [0.5, 0.6) is 5.75 Å². The SMILES string of the molecule is C=CC=[N+](C)/C=C(\C=C(/CN1C(CC)COCC1CC)c1cncnc1)C(=O)Nc1ccc(OC(F)(F)F)cc1.[HH].